The van der Waals surface area contributed by atoms with E-state index in [0.29, 0.717) is 23.4 Å². The van der Waals surface area contributed by atoms with Crippen molar-refractivity contribution >= 4 is 51.8 Å². The summed E-state index contributed by atoms with van der Waals surface area (Å²) in [7, 11) is 0. The Hall–Kier alpha value is -2.72. The molecule has 1 heterocycles. The quantitative estimate of drug-likeness (QED) is 0.374. The van der Waals surface area contributed by atoms with E-state index >= 15 is 0 Å². The molecule has 1 atom stereocenters. The van der Waals surface area contributed by atoms with Crippen molar-refractivity contribution in [3.63, 3.8) is 0 Å². The molecular formula is C21H26N6O2S2. The molecule has 0 bridgehead atoms. The van der Waals surface area contributed by atoms with Gasteiger partial charge in [-0.3, -0.25) is 9.59 Å². The minimum Gasteiger partial charge on any atom is -0.343 e. The normalized spacial score (nSPS) is 12.0. The maximum absolute atomic E-state index is 12.7. The summed E-state index contributed by atoms with van der Waals surface area (Å²) in [6, 6.07) is 13.7. The van der Waals surface area contributed by atoms with Crippen LogP contribution in [0.1, 0.15) is 20.8 Å². The average Bonchev–Trinajstić information content (AvgIpc) is 3.12. The first-order valence-corrected chi connectivity index (χ1v) is 11.9. The standard InChI is InChI=1S/C21H26N6O2S2/c1-4-26(5-2)18(28)13-30-20-24-25-21(27(20)22)31-14(3)19(29)23-17-12-8-10-15-9-6-7-11-16(15)17/h6-12,14H,4-5,13,22H2,1-3H3,(H,23,29). The highest BCUT2D eigenvalue weighted by atomic mass is 32.2. The molecule has 3 rings (SSSR count). The first kappa shape index (κ1) is 23.0. The third kappa shape index (κ3) is 5.50. The van der Waals surface area contributed by atoms with Crippen LogP contribution in [0.5, 0.6) is 0 Å². The molecule has 1 aromatic heterocycles. The molecule has 10 heteroatoms. The Morgan fingerprint density at radius 2 is 1.77 bits per heavy atom. The zero-order chi connectivity index (χ0) is 22.4. The van der Waals surface area contributed by atoms with Gasteiger partial charge in [-0.25, -0.2) is 4.68 Å². The van der Waals surface area contributed by atoms with Crippen LogP contribution in [0.3, 0.4) is 0 Å². The number of rotatable bonds is 9. The van der Waals surface area contributed by atoms with Gasteiger partial charge in [0.15, 0.2) is 0 Å². The smallest absolute Gasteiger partial charge is 0.237 e. The van der Waals surface area contributed by atoms with Crippen molar-refractivity contribution in [3.8, 4) is 0 Å². The topological polar surface area (TPSA) is 106 Å². The number of anilines is 1. The van der Waals surface area contributed by atoms with Gasteiger partial charge in [0.2, 0.25) is 22.1 Å². The second-order valence-electron chi connectivity index (χ2n) is 6.77. The van der Waals surface area contributed by atoms with Gasteiger partial charge >= 0.3 is 0 Å². The van der Waals surface area contributed by atoms with Crippen LogP contribution in [0.15, 0.2) is 52.8 Å². The Morgan fingerprint density at radius 1 is 1.10 bits per heavy atom. The maximum atomic E-state index is 12.7. The van der Waals surface area contributed by atoms with E-state index in [0.717, 1.165) is 16.5 Å². The number of nitrogen functional groups attached to an aromatic ring is 1. The van der Waals surface area contributed by atoms with E-state index < -0.39 is 5.25 Å². The monoisotopic (exact) mass is 458 g/mol. The molecule has 0 aliphatic heterocycles. The number of nitrogens with one attached hydrogen (secondary N) is 1. The summed E-state index contributed by atoms with van der Waals surface area (Å²) in [5.74, 6) is 6.20. The number of nitrogens with zero attached hydrogens (tertiary/aromatic N) is 4. The highest BCUT2D eigenvalue weighted by molar-refractivity contribution is 8.00. The zero-order valence-corrected chi connectivity index (χ0v) is 19.4. The van der Waals surface area contributed by atoms with Crippen LogP contribution >= 0.6 is 23.5 Å². The molecule has 0 fully saturated rings. The van der Waals surface area contributed by atoms with Gasteiger partial charge in [-0.15, -0.1) is 10.2 Å². The fourth-order valence-electron chi connectivity index (χ4n) is 3.02. The fourth-order valence-corrected chi connectivity index (χ4v) is 4.60. The average molecular weight is 459 g/mol. The predicted octanol–water partition coefficient (Wildman–Crippen LogP) is 3.22. The van der Waals surface area contributed by atoms with E-state index in [2.05, 4.69) is 15.5 Å². The molecule has 3 aromatic rings. The second-order valence-corrected chi connectivity index (χ2v) is 9.02. The summed E-state index contributed by atoms with van der Waals surface area (Å²) in [6.07, 6.45) is 0. The van der Waals surface area contributed by atoms with Gasteiger partial charge < -0.3 is 16.1 Å². The third-order valence-corrected chi connectivity index (χ3v) is 6.76. The molecule has 31 heavy (non-hydrogen) atoms. The summed E-state index contributed by atoms with van der Waals surface area (Å²) in [5, 5.41) is 13.6. The van der Waals surface area contributed by atoms with Crippen molar-refractivity contribution in [1.29, 1.82) is 0 Å². The van der Waals surface area contributed by atoms with Crippen LogP contribution in [0.25, 0.3) is 10.8 Å². The summed E-state index contributed by atoms with van der Waals surface area (Å²) >= 11 is 2.45. The second kappa shape index (κ2) is 10.5. The molecule has 0 saturated heterocycles. The molecule has 0 radical (unpaired) electrons. The van der Waals surface area contributed by atoms with Gasteiger partial charge in [0.25, 0.3) is 0 Å². The molecule has 1 unspecified atom stereocenters. The fraction of sp³-hybridized carbons (Fsp3) is 0.333. The highest BCUT2D eigenvalue weighted by Gasteiger charge is 2.21. The molecule has 8 nitrogen and oxygen atoms in total. The highest BCUT2D eigenvalue weighted by Crippen LogP contribution is 2.27. The van der Waals surface area contributed by atoms with Crippen molar-refractivity contribution in [2.75, 3.05) is 30.0 Å². The van der Waals surface area contributed by atoms with Gasteiger partial charge in [0.05, 0.1) is 11.0 Å². The number of thioether (sulfide) groups is 2. The van der Waals surface area contributed by atoms with E-state index in [-0.39, 0.29) is 17.6 Å². The molecule has 0 spiro atoms. The molecule has 0 aliphatic carbocycles. The predicted molar refractivity (Wildman–Crippen MR) is 127 cm³/mol. The van der Waals surface area contributed by atoms with Crippen LogP contribution in [0.2, 0.25) is 0 Å². The van der Waals surface area contributed by atoms with E-state index in [9.17, 15) is 9.59 Å². The van der Waals surface area contributed by atoms with Crippen LogP contribution < -0.4 is 11.2 Å². The zero-order valence-electron chi connectivity index (χ0n) is 17.7. The number of aromatic nitrogens is 3. The number of hydrogen-bond donors (Lipinski definition) is 2. The molecule has 2 aromatic carbocycles. The van der Waals surface area contributed by atoms with Crippen molar-refractivity contribution in [3.05, 3.63) is 42.5 Å². The van der Waals surface area contributed by atoms with Crippen LogP contribution in [0, 0.1) is 0 Å². The number of amides is 2. The Labute approximate surface area is 189 Å². The first-order valence-electron chi connectivity index (χ1n) is 10.0. The third-order valence-electron chi connectivity index (χ3n) is 4.77. The molecule has 2 amide bonds. The number of carbonyl (C=O) groups is 2. The Balaban J connectivity index is 1.62. The van der Waals surface area contributed by atoms with Crippen molar-refractivity contribution < 1.29 is 9.59 Å². The summed E-state index contributed by atoms with van der Waals surface area (Å²) in [5.41, 5.74) is 0.760. The number of hydrogen-bond acceptors (Lipinski definition) is 7. The minimum absolute atomic E-state index is 0.0232. The van der Waals surface area contributed by atoms with Crippen LogP contribution in [-0.4, -0.2) is 55.7 Å². The van der Waals surface area contributed by atoms with E-state index in [1.54, 1.807) is 11.8 Å². The lowest BCUT2D eigenvalue weighted by Crippen LogP contribution is -2.32. The Kier molecular flexibility index (Phi) is 7.80. The lowest BCUT2D eigenvalue weighted by molar-refractivity contribution is -0.128. The van der Waals surface area contributed by atoms with Gasteiger partial charge in [-0.05, 0) is 32.2 Å². The largest absolute Gasteiger partial charge is 0.343 e. The van der Waals surface area contributed by atoms with Crippen molar-refractivity contribution in [2.24, 2.45) is 0 Å². The number of carbonyl (C=O) groups excluding carboxylic acids is 2. The SMILES string of the molecule is CCN(CC)C(=O)CSc1nnc(SC(C)C(=O)Nc2cccc3ccccc23)n1N. The molecule has 3 N–H and O–H groups in total. The molecule has 0 aliphatic rings. The lowest BCUT2D eigenvalue weighted by atomic mass is 10.1. The van der Waals surface area contributed by atoms with Crippen LogP contribution in [-0.2, 0) is 9.59 Å². The molecule has 0 saturated carbocycles. The Bertz CT molecular complexity index is 1060. The van der Waals surface area contributed by atoms with E-state index in [1.165, 1.54) is 28.2 Å². The van der Waals surface area contributed by atoms with Gasteiger partial charge in [-0.1, -0.05) is 59.9 Å². The van der Waals surface area contributed by atoms with Crippen LogP contribution in [0.4, 0.5) is 5.69 Å². The van der Waals surface area contributed by atoms with E-state index in [1.807, 2.05) is 56.3 Å². The molecular weight excluding hydrogens is 432 g/mol. The summed E-state index contributed by atoms with van der Waals surface area (Å²) in [6.45, 7) is 7.00. The van der Waals surface area contributed by atoms with Crippen molar-refractivity contribution in [2.45, 2.75) is 36.3 Å². The van der Waals surface area contributed by atoms with Gasteiger partial charge in [-0.2, -0.15) is 0 Å². The van der Waals surface area contributed by atoms with Gasteiger partial charge in [0, 0.05) is 24.2 Å². The summed E-state index contributed by atoms with van der Waals surface area (Å²) in [4.78, 5) is 26.7. The van der Waals surface area contributed by atoms with E-state index in [4.69, 9.17) is 5.84 Å². The first-order chi connectivity index (χ1) is 14.9. The number of benzene rings is 2. The number of fused-ring (bicyclic) bond motifs is 1. The van der Waals surface area contributed by atoms with Gasteiger partial charge in [0.1, 0.15) is 0 Å². The number of nitrogens with two attached hydrogens (primary N) is 1. The maximum Gasteiger partial charge on any atom is 0.237 e. The summed E-state index contributed by atoms with van der Waals surface area (Å²) < 4.78 is 1.33. The lowest BCUT2D eigenvalue weighted by Gasteiger charge is -2.17. The molecule has 164 valence electrons. The Morgan fingerprint density at radius 3 is 2.52 bits per heavy atom. The minimum atomic E-state index is -0.444. The van der Waals surface area contributed by atoms with Crippen molar-refractivity contribution in [1.82, 2.24) is 19.8 Å².